The van der Waals surface area contributed by atoms with Gasteiger partial charge in [0, 0.05) is 30.6 Å². The van der Waals surface area contributed by atoms with Crippen molar-refractivity contribution in [2.45, 2.75) is 6.92 Å². The molecule has 0 spiro atoms. The van der Waals surface area contributed by atoms with Crippen LogP contribution in [0.4, 0.5) is 5.69 Å². The monoisotopic (exact) mass is 273 g/mol. The highest BCUT2D eigenvalue weighted by atomic mass is 16.2. The van der Waals surface area contributed by atoms with E-state index in [4.69, 9.17) is 11.1 Å². The van der Waals surface area contributed by atoms with Gasteiger partial charge in [-0.15, -0.1) is 0 Å². The molecule has 2 amide bonds. The molecule has 0 saturated heterocycles. The normalized spacial score (nSPS) is 10.3. The lowest BCUT2D eigenvalue weighted by Gasteiger charge is -2.12. The van der Waals surface area contributed by atoms with Gasteiger partial charge in [-0.1, -0.05) is 0 Å². The van der Waals surface area contributed by atoms with Crippen molar-refractivity contribution in [1.82, 2.24) is 9.88 Å². The Balaban J connectivity index is 2.36. The number of carbonyl (C=O) groups excluding carboxylic acids is 2. The molecule has 5 N–H and O–H groups in total. The maximum absolute atomic E-state index is 12.0. The quantitative estimate of drug-likeness (QED) is 0.485. The minimum atomic E-state index is -0.394. The highest BCUT2D eigenvalue weighted by Crippen LogP contribution is 2.20. The summed E-state index contributed by atoms with van der Waals surface area (Å²) < 4.78 is 0. The van der Waals surface area contributed by atoms with Crippen molar-refractivity contribution >= 4 is 34.4 Å². The van der Waals surface area contributed by atoms with Crippen molar-refractivity contribution in [2.24, 2.45) is 5.73 Å². The van der Waals surface area contributed by atoms with E-state index >= 15 is 0 Å². The molecule has 20 heavy (non-hydrogen) atoms. The maximum atomic E-state index is 12.0. The van der Waals surface area contributed by atoms with Gasteiger partial charge in [0.25, 0.3) is 5.91 Å². The first-order valence-electron chi connectivity index (χ1n) is 5.91. The van der Waals surface area contributed by atoms with E-state index in [1.54, 1.807) is 24.3 Å². The zero-order valence-electron chi connectivity index (χ0n) is 11.2. The summed E-state index contributed by atoms with van der Waals surface area (Å²) in [7, 11) is 1.43. The number of nitrogens with one attached hydrogen (secondary N) is 3. The third kappa shape index (κ3) is 2.61. The fourth-order valence-electron chi connectivity index (χ4n) is 1.82. The summed E-state index contributed by atoms with van der Waals surface area (Å²) in [6.07, 6.45) is 0. The Bertz CT molecular complexity index is 704. The first-order chi connectivity index (χ1) is 9.38. The van der Waals surface area contributed by atoms with E-state index in [1.165, 1.54) is 14.0 Å². The van der Waals surface area contributed by atoms with Crippen molar-refractivity contribution in [3.63, 3.8) is 0 Å². The molecule has 0 bridgehead atoms. The highest BCUT2D eigenvalue weighted by Gasteiger charge is 2.16. The van der Waals surface area contributed by atoms with Gasteiger partial charge in [0.05, 0.1) is 0 Å². The topological polar surface area (TPSA) is 115 Å². The summed E-state index contributed by atoms with van der Waals surface area (Å²) in [6.45, 7) is 1.43. The number of amides is 2. The molecule has 0 aliphatic heterocycles. The van der Waals surface area contributed by atoms with Crippen LogP contribution in [0.25, 0.3) is 10.9 Å². The molecular weight excluding hydrogens is 258 g/mol. The standard InChI is InChI=1S/C13H15N5O2/c1-7(19)16-9-3-4-10-8(5-9)6-11(17-10)12(20)18(2)13(14)15/h3-6,17H,1-2H3,(H3,14,15)(H,16,19). The van der Waals surface area contributed by atoms with Gasteiger partial charge < -0.3 is 16.0 Å². The summed E-state index contributed by atoms with van der Waals surface area (Å²) in [6, 6.07) is 6.93. The van der Waals surface area contributed by atoms with Crippen LogP contribution in [0.3, 0.4) is 0 Å². The van der Waals surface area contributed by atoms with Gasteiger partial charge in [0.2, 0.25) is 5.91 Å². The molecule has 0 radical (unpaired) electrons. The number of guanidine groups is 1. The first-order valence-corrected chi connectivity index (χ1v) is 5.91. The average Bonchev–Trinajstić information content (AvgIpc) is 2.79. The van der Waals surface area contributed by atoms with Crippen molar-refractivity contribution in [3.05, 3.63) is 30.0 Å². The maximum Gasteiger partial charge on any atom is 0.276 e. The van der Waals surface area contributed by atoms with Crippen LogP contribution in [-0.2, 0) is 4.79 Å². The first kappa shape index (κ1) is 13.6. The Kier molecular flexibility index (Phi) is 3.43. The number of anilines is 1. The minimum absolute atomic E-state index is 0.160. The number of fused-ring (bicyclic) bond motifs is 1. The molecule has 0 aliphatic carbocycles. The molecule has 0 atom stereocenters. The largest absolute Gasteiger partial charge is 0.370 e. The zero-order valence-corrected chi connectivity index (χ0v) is 11.2. The van der Waals surface area contributed by atoms with Crippen LogP contribution in [0.5, 0.6) is 0 Å². The fourth-order valence-corrected chi connectivity index (χ4v) is 1.82. The Hall–Kier alpha value is -2.83. The SMILES string of the molecule is CC(=O)Nc1ccc2[nH]c(C(=O)N(C)C(=N)N)cc2c1. The van der Waals surface area contributed by atoms with Gasteiger partial charge in [-0.2, -0.15) is 0 Å². The van der Waals surface area contributed by atoms with Crippen LogP contribution in [0.2, 0.25) is 0 Å². The summed E-state index contributed by atoms with van der Waals surface area (Å²) in [5, 5.41) is 10.7. The number of rotatable bonds is 2. The van der Waals surface area contributed by atoms with Gasteiger partial charge >= 0.3 is 0 Å². The predicted octanol–water partition coefficient (Wildman–Crippen LogP) is 1.09. The molecule has 7 heteroatoms. The smallest absolute Gasteiger partial charge is 0.276 e. The Labute approximate surface area is 115 Å². The van der Waals surface area contributed by atoms with Crippen LogP contribution >= 0.6 is 0 Å². The zero-order chi connectivity index (χ0) is 14.9. The van der Waals surface area contributed by atoms with Crippen LogP contribution < -0.4 is 11.1 Å². The Morgan fingerprint density at radius 2 is 2.05 bits per heavy atom. The average molecular weight is 273 g/mol. The van der Waals surface area contributed by atoms with Crippen LogP contribution in [0, 0.1) is 5.41 Å². The molecule has 1 heterocycles. The van der Waals surface area contributed by atoms with E-state index < -0.39 is 5.91 Å². The minimum Gasteiger partial charge on any atom is -0.370 e. The number of hydrogen-bond acceptors (Lipinski definition) is 3. The van der Waals surface area contributed by atoms with E-state index in [-0.39, 0.29) is 11.9 Å². The molecule has 104 valence electrons. The summed E-state index contributed by atoms with van der Waals surface area (Å²) in [4.78, 5) is 27.0. The summed E-state index contributed by atoms with van der Waals surface area (Å²) >= 11 is 0. The van der Waals surface area contributed by atoms with Gasteiger partial charge in [-0.3, -0.25) is 19.9 Å². The van der Waals surface area contributed by atoms with Gasteiger partial charge in [0.15, 0.2) is 5.96 Å². The van der Waals surface area contributed by atoms with Crippen molar-refractivity contribution in [3.8, 4) is 0 Å². The molecule has 1 aromatic heterocycles. The van der Waals surface area contributed by atoms with E-state index in [0.29, 0.717) is 11.4 Å². The van der Waals surface area contributed by atoms with Crippen LogP contribution in [0.1, 0.15) is 17.4 Å². The van der Waals surface area contributed by atoms with Crippen LogP contribution in [0.15, 0.2) is 24.3 Å². The molecule has 7 nitrogen and oxygen atoms in total. The lowest BCUT2D eigenvalue weighted by Crippen LogP contribution is -2.38. The van der Waals surface area contributed by atoms with Gasteiger partial charge in [0.1, 0.15) is 5.69 Å². The summed E-state index contributed by atoms with van der Waals surface area (Å²) in [5.74, 6) is -0.880. The number of aromatic nitrogens is 1. The Morgan fingerprint density at radius 1 is 1.35 bits per heavy atom. The van der Waals surface area contributed by atoms with E-state index in [1.807, 2.05) is 0 Å². The van der Waals surface area contributed by atoms with Crippen LogP contribution in [-0.4, -0.2) is 34.7 Å². The highest BCUT2D eigenvalue weighted by molar-refractivity contribution is 6.06. The van der Waals surface area contributed by atoms with Crippen molar-refractivity contribution < 1.29 is 9.59 Å². The number of carbonyl (C=O) groups is 2. The molecule has 2 rings (SSSR count). The number of nitrogens with zero attached hydrogens (tertiary/aromatic N) is 1. The number of benzene rings is 1. The summed E-state index contributed by atoms with van der Waals surface area (Å²) in [5.41, 5.74) is 7.02. The van der Waals surface area contributed by atoms with E-state index in [9.17, 15) is 9.59 Å². The predicted molar refractivity (Wildman–Crippen MR) is 76.6 cm³/mol. The molecule has 2 aromatic rings. The lowest BCUT2D eigenvalue weighted by molar-refractivity contribution is -0.114. The number of nitrogens with two attached hydrogens (primary N) is 1. The van der Waals surface area contributed by atoms with Gasteiger partial charge in [-0.25, -0.2) is 0 Å². The second-order valence-corrected chi connectivity index (χ2v) is 4.42. The van der Waals surface area contributed by atoms with E-state index in [2.05, 4.69) is 10.3 Å². The second kappa shape index (κ2) is 5.04. The molecule has 0 unspecified atom stereocenters. The third-order valence-electron chi connectivity index (χ3n) is 2.84. The molecule has 0 saturated carbocycles. The molecule has 0 aliphatic rings. The Morgan fingerprint density at radius 3 is 2.65 bits per heavy atom. The number of H-pyrrole nitrogens is 1. The number of hydrogen-bond donors (Lipinski definition) is 4. The third-order valence-corrected chi connectivity index (χ3v) is 2.84. The molecule has 1 aromatic carbocycles. The van der Waals surface area contributed by atoms with Gasteiger partial charge in [-0.05, 0) is 24.3 Å². The van der Waals surface area contributed by atoms with Crippen molar-refractivity contribution in [1.29, 1.82) is 5.41 Å². The number of aromatic amines is 1. The second-order valence-electron chi connectivity index (χ2n) is 4.42. The van der Waals surface area contributed by atoms with E-state index in [0.717, 1.165) is 15.8 Å². The molecule has 0 fully saturated rings. The van der Waals surface area contributed by atoms with Crippen molar-refractivity contribution in [2.75, 3.05) is 12.4 Å². The fraction of sp³-hybridized carbons (Fsp3) is 0.154. The lowest BCUT2D eigenvalue weighted by atomic mass is 10.2. The molecular formula is C13H15N5O2.